The number of aryl methyl sites for hydroxylation is 2. The van der Waals surface area contributed by atoms with E-state index in [-0.39, 0.29) is 0 Å². The van der Waals surface area contributed by atoms with E-state index in [4.69, 9.17) is 4.79 Å². The highest BCUT2D eigenvalue weighted by Gasteiger charge is 2.19. The molecular weight excluding hydrogens is 284 g/mol. The molecule has 0 radical (unpaired) electrons. The molecule has 0 saturated heterocycles. The summed E-state index contributed by atoms with van der Waals surface area (Å²) >= 11 is 0. The lowest BCUT2D eigenvalue weighted by Crippen LogP contribution is -2.15. The fourth-order valence-corrected chi connectivity index (χ4v) is 3.32. The Morgan fingerprint density at radius 1 is 1.30 bits per heavy atom. The van der Waals surface area contributed by atoms with Crippen LogP contribution in [0, 0.1) is 12.8 Å². The number of aromatic nitrogens is 1. The predicted octanol–water partition coefficient (Wildman–Crippen LogP) is 4.50. The van der Waals surface area contributed by atoms with Crippen LogP contribution in [0.3, 0.4) is 0 Å². The van der Waals surface area contributed by atoms with Crippen LogP contribution in [0.1, 0.15) is 44.0 Å². The highest BCUT2D eigenvalue weighted by molar-refractivity contribution is 5.97. The summed E-state index contributed by atoms with van der Waals surface area (Å²) in [5.74, 6) is 0.580. The molecule has 1 atom stereocenters. The van der Waals surface area contributed by atoms with Crippen molar-refractivity contribution >= 4 is 23.3 Å². The first-order valence-electron chi connectivity index (χ1n) is 8.45. The zero-order valence-corrected chi connectivity index (χ0v) is 15.1. The molecule has 1 aliphatic rings. The number of benzene rings is 1. The van der Waals surface area contributed by atoms with E-state index in [1.165, 1.54) is 46.1 Å². The van der Waals surface area contributed by atoms with Gasteiger partial charge in [-0.3, -0.25) is 0 Å². The van der Waals surface area contributed by atoms with Crippen molar-refractivity contribution in [2.24, 2.45) is 5.92 Å². The molecule has 3 rings (SSSR count). The van der Waals surface area contributed by atoms with E-state index in [2.05, 4.69) is 48.4 Å². The molecule has 126 valence electrons. The minimum Gasteiger partial charge on any atom is -0.358 e. The van der Waals surface area contributed by atoms with Gasteiger partial charge in [0.05, 0.1) is 0 Å². The van der Waals surface area contributed by atoms with Gasteiger partial charge in [-0.25, -0.2) is 0 Å². The maximum atomic E-state index is 8.00. The van der Waals surface area contributed by atoms with Crippen LogP contribution < -0.4 is 5.32 Å². The highest BCUT2D eigenvalue weighted by atomic mass is 16.1. The summed E-state index contributed by atoms with van der Waals surface area (Å²) in [6.07, 6.45) is 4.77. The molecule has 0 spiro atoms. The Balaban J connectivity index is 0.000000615. The summed E-state index contributed by atoms with van der Waals surface area (Å²) in [7, 11) is 2.02. The molecule has 0 aliphatic heterocycles. The maximum absolute atomic E-state index is 8.00. The quantitative estimate of drug-likeness (QED) is 0.876. The van der Waals surface area contributed by atoms with Gasteiger partial charge in [0, 0.05) is 23.1 Å². The molecule has 1 aromatic carbocycles. The van der Waals surface area contributed by atoms with E-state index < -0.39 is 0 Å². The molecule has 3 heteroatoms. The fourth-order valence-electron chi connectivity index (χ4n) is 3.32. The van der Waals surface area contributed by atoms with Gasteiger partial charge < -0.3 is 15.1 Å². The largest absolute Gasteiger partial charge is 0.358 e. The Morgan fingerprint density at radius 2 is 2.00 bits per heavy atom. The van der Waals surface area contributed by atoms with E-state index in [0.717, 1.165) is 6.54 Å². The Morgan fingerprint density at radius 3 is 2.65 bits per heavy atom. The number of allylic oxidation sites excluding steroid dienone is 1. The number of nitrogens with one attached hydrogen (secondary N) is 2. The summed E-state index contributed by atoms with van der Waals surface area (Å²) < 4.78 is 0. The second-order valence-electron chi connectivity index (χ2n) is 5.68. The summed E-state index contributed by atoms with van der Waals surface area (Å²) in [5.41, 5.74) is 7.09. The third-order valence-electron chi connectivity index (χ3n) is 4.14. The molecule has 0 saturated carbocycles. The predicted molar refractivity (Wildman–Crippen MR) is 101 cm³/mol. The minimum absolute atomic E-state index is 0.580. The molecule has 1 aromatic heterocycles. The molecule has 0 fully saturated rings. The summed E-state index contributed by atoms with van der Waals surface area (Å²) in [4.78, 5) is 11.5. The number of rotatable bonds is 3. The number of hydrogen-bond acceptors (Lipinski definition) is 2. The van der Waals surface area contributed by atoms with E-state index in [9.17, 15) is 0 Å². The van der Waals surface area contributed by atoms with Gasteiger partial charge in [0.25, 0.3) is 0 Å². The molecule has 2 aromatic rings. The normalized spacial score (nSPS) is 15.4. The molecule has 3 nitrogen and oxygen atoms in total. The van der Waals surface area contributed by atoms with Crippen LogP contribution >= 0.6 is 0 Å². The molecule has 1 unspecified atom stereocenters. The van der Waals surface area contributed by atoms with Gasteiger partial charge in [-0.15, -0.1) is 0 Å². The Bertz CT molecular complexity index is 655. The highest BCUT2D eigenvalue weighted by Crippen LogP contribution is 2.38. The lowest BCUT2D eigenvalue weighted by atomic mass is 9.86. The van der Waals surface area contributed by atoms with E-state index in [1.807, 2.05) is 27.7 Å². The van der Waals surface area contributed by atoms with Gasteiger partial charge in [0.1, 0.15) is 6.79 Å². The van der Waals surface area contributed by atoms with Gasteiger partial charge in [-0.2, -0.15) is 0 Å². The second kappa shape index (κ2) is 9.31. The first-order chi connectivity index (χ1) is 11.2. The average molecular weight is 314 g/mol. The zero-order chi connectivity index (χ0) is 17.4. The van der Waals surface area contributed by atoms with Gasteiger partial charge in [0.2, 0.25) is 0 Å². The van der Waals surface area contributed by atoms with Crippen LogP contribution in [-0.4, -0.2) is 25.4 Å². The molecule has 1 heterocycles. The zero-order valence-electron chi connectivity index (χ0n) is 15.1. The molecule has 0 amide bonds. The monoisotopic (exact) mass is 314 g/mol. The molecular formula is C20H30N2O. The van der Waals surface area contributed by atoms with Crippen LogP contribution in [-0.2, 0) is 11.2 Å². The smallest absolute Gasteiger partial charge is 0.106 e. The van der Waals surface area contributed by atoms with Crippen molar-refractivity contribution < 1.29 is 4.79 Å². The first kappa shape index (κ1) is 19.2. The third-order valence-corrected chi connectivity index (χ3v) is 4.14. The van der Waals surface area contributed by atoms with Crippen LogP contribution in [0.15, 0.2) is 24.3 Å². The third kappa shape index (κ3) is 4.11. The lowest BCUT2D eigenvalue weighted by Gasteiger charge is -2.18. The number of aromatic amines is 1. The van der Waals surface area contributed by atoms with Crippen molar-refractivity contribution in [2.75, 3.05) is 13.6 Å². The van der Waals surface area contributed by atoms with Crippen molar-refractivity contribution in [2.45, 2.75) is 40.5 Å². The minimum atomic E-state index is 0.580. The van der Waals surface area contributed by atoms with E-state index in [1.54, 1.807) is 0 Å². The van der Waals surface area contributed by atoms with Crippen LogP contribution in [0.25, 0.3) is 16.5 Å². The van der Waals surface area contributed by atoms with Crippen LogP contribution in [0.5, 0.6) is 0 Å². The molecule has 23 heavy (non-hydrogen) atoms. The lowest BCUT2D eigenvalue weighted by molar-refractivity contribution is -0.0979. The van der Waals surface area contributed by atoms with E-state index in [0.29, 0.717) is 5.92 Å². The van der Waals surface area contributed by atoms with Gasteiger partial charge in [-0.05, 0) is 55.5 Å². The maximum Gasteiger partial charge on any atom is 0.106 e. The van der Waals surface area contributed by atoms with Crippen LogP contribution in [0.2, 0.25) is 0 Å². The Labute approximate surface area is 140 Å². The molecule has 2 N–H and O–H groups in total. The first-order valence-corrected chi connectivity index (χ1v) is 8.45. The summed E-state index contributed by atoms with van der Waals surface area (Å²) in [6.45, 7) is 11.5. The molecule has 1 aliphatic carbocycles. The van der Waals surface area contributed by atoms with Gasteiger partial charge in [-0.1, -0.05) is 39.0 Å². The standard InChI is InChI=1S/C17H22N2.C2H6.CH2O/c1-11(10-18-3)9-13-7-8-14-12(2)19-16-6-4-5-15(13)17(14)16;2*1-2/h4-6,9,11,18-19H,7-8,10H2,1-3H3;1-2H3;1H2/b13-9+;;. The average Bonchev–Trinajstić information content (AvgIpc) is 2.91. The van der Waals surface area contributed by atoms with Gasteiger partial charge in [0.15, 0.2) is 0 Å². The van der Waals surface area contributed by atoms with Crippen molar-refractivity contribution in [3.05, 3.63) is 41.1 Å². The Kier molecular flexibility index (Phi) is 7.76. The Hall–Kier alpha value is -1.87. The SMILES string of the molecule is C=O.CC.CNCC(C)/C=C1\CCc2c(C)[nH]c3cccc1c23. The number of carbonyl (C=O) groups excluding carboxylic acids is 1. The topological polar surface area (TPSA) is 44.9 Å². The van der Waals surface area contributed by atoms with E-state index >= 15 is 0 Å². The van der Waals surface area contributed by atoms with Gasteiger partial charge >= 0.3 is 0 Å². The van der Waals surface area contributed by atoms with Crippen LogP contribution in [0.4, 0.5) is 0 Å². The fraction of sp³-hybridized carbons (Fsp3) is 0.450. The summed E-state index contributed by atoms with van der Waals surface area (Å²) in [5, 5.41) is 4.71. The van der Waals surface area contributed by atoms with Crippen molar-refractivity contribution in [3.63, 3.8) is 0 Å². The van der Waals surface area contributed by atoms with Crippen molar-refractivity contribution in [3.8, 4) is 0 Å². The number of hydrogen-bond donors (Lipinski definition) is 2. The summed E-state index contributed by atoms with van der Waals surface area (Å²) in [6, 6.07) is 6.63. The van der Waals surface area contributed by atoms with Crippen molar-refractivity contribution in [1.82, 2.24) is 10.3 Å². The molecule has 0 bridgehead atoms. The second-order valence-corrected chi connectivity index (χ2v) is 5.68. The number of H-pyrrole nitrogens is 1. The van der Waals surface area contributed by atoms with Crippen molar-refractivity contribution in [1.29, 1.82) is 0 Å². The number of carbonyl (C=O) groups is 1.